The highest BCUT2D eigenvalue weighted by Gasteiger charge is 2.39. The molecule has 0 aromatic heterocycles. The van der Waals surface area contributed by atoms with Crippen LogP contribution in [0.2, 0.25) is 5.02 Å². The molecule has 2 aromatic carbocycles. The molecular formula is C21H19ClN4O2S. The fraction of sp³-hybridized carbons (Fsp3) is 0.238. The molecule has 6 nitrogen and oxygen atoms in total. The van der Waals surface area contributed by atoms with Gasteiger partial charge in [-0.2, -0.15) is 0 Å². The van der Waals surface area contributed by atoms with Crippen molar-refractivity contribution in [1.29, 1.82) is 0 Å². The number of rotatable bonds is 5. The number of fused-ring (bicyclic) bond motifs is 3. The molecule has 0 spiro atoms. The molecule has 0 radical (unpaired) electrons. The summed E-state index contributed by atoms with van der Waals surface area (Å²) in [7, 11) is 0. The molecule has 2 aliphatic heterocycles. The summed E-state index contributed by atoms with van der Waals surface area (Å²) in [5.41, 5.74) is 2.70. The van der Waals surface area contributed by atoms with Gasteiger partial charge in [-0.3, -0.25) is 14.6 Å². The van der Waals surface area contributed by atoms with Crippen molar-refractivity contribution >= 4 is 51.9 Å². The first kappa shape index (κ1) is 19.7. The Morgan fingerprint density at radius 3 is 2.76 bits per heavy atom. The van der Waals surface area contributed by atoms with E-state index in [-0.39, 0.29) is 17.6 Å². The van der Waals surface area contributed by atoms with Gasteiger partial charge in [-0.25, -0.2) is 9.89 Å². The van der Waals surface area contributed by atoms with Gasteiger partial charge in [-0.1, -0.05) is 47.6 Å². The molecule has 29 heavy (non-hydrogen) atoms. The number of carbonyl (C=O) groups is 2. The maximum atomic E-state index is 12.6. The van der Waals surface area contributed by atoms with Gasteiger partial charge in [-0.05, 0) is 43.2 Å². The number of amides is 2. The molecule has 0 fully saturated rings. The first-order valence-corrected chi connectivity index (χ1v) is 10.6. The molecule has 2 aromatic rings. The Balaban J connectivity index is 1.38. The molecule has 4 rings (SSSR count). The number of benzene rings is 2. The second kappa shape index (κ2) is 8.39. The predicted molar refractivity (Wildman–Crippen MR) is 117 cm³/mol. The Bertz CT molecular complexity index is 1020. The van der Waals surface area contributed by atoms with E-state index >= 15 is 0 Å². The molecule has 2 aliphatic rings. The lowest BCUT2D eigenvalue weighted by molar-refractivity contribution is -0.124. The van der Waals surface area contributed by atoms with Crippen LogP contribution >= 0.6 is 23.4 Å². The number of hydrogen-bond donors (Lipinski definition) is 1. The van der Waals surface area contributed by atoms with Crippen molar-refractivity contribution in [2.45, 2.75) is 19.4 Å². The average Bonchev–Trinajstić information content (AvgIpc) is 3.03. The van der Waals surface area contributed by atoms with Crippen molar-refractivity contribution in [3.05, 3.63) is 64.7 Å². The molecule has 0 saturated carbocycles. The molecule has 148 valence electrons. The van der Waals surface area contributed by atoms with Gasteiger partial charge < -0.3 is 5.32 Å². The topological polar surface area (TPSA) is 74.1 Å². The van der Waals surface area contributed by atoms with Crippen LogP contribution < -0.4 is 5.32 Å². The predicted octanol–water partition coefficient (Wildman–Crippen LogP) is 3.41. The zero-order valence-electron chi connectivity index (χ0n) is 15.8. The smallest absolute Gasteiger partial charge is 0.258 e. The van der Waals surface area contributed by atoms with Crippen molar-refractivity contribution in [2.75, 3.05) is 12.3 Å². The van der Waals surface area contributed by atoms with Crippen LogP contribution in [0.1, 0.15) is 18.1 Å². The van der Waals surface area contributed by atoms with Crippen LogP contribution in [-0.2, 0) is 16.0 Å². The van der Waals surface area contributed by atoms with Gasteiger partial charge in [0.05, 0.1) is 11.4 Å². The quantitative estimate of drug-likeness (QED) is 0.796. The Labute approximate surface area is 178 Å². The maximum Gasteiger partial charge on any atom is 0.258 e. The summed E-state index contributed by atoms with van der Waals surface area (Å²) in [5, 5.41) is 4.09. The molecule has 0 saturated heterocycles. The van der Waals surface area contributed by atoms with Gasteiger partial charge >= 0.3 is 0 Å². The van der Waals surface area contributed by atoms with Crippen LogP contribution in [-0.4, -0.2) is 46.1 Å². The highest BCUT2D eigenvalue weighted by atomic mass is 35.5. The largest absolute Gasteiger partial charge is 0.355 e. The van der Waals surface area contributed by atoms with E-state index < -0.39 is 6.04 Å². The van der Waals surface area contributed by atoms with Gasteiger partial charge in [0.1, 0.15) is 11.9 Å². The third-order valence-corrected chi connectivity index (χ3v) is 5.83. The zero-order valence-corrected chi connectivity index (χ0v) is 17.3. The van der Waals surface area contributed by atoms with Crippen molar-refractivity contribution in [3.63, 3.8) is 0 Å². The van der Waals surface area contributed by atoms with Crippen LogP contribution in [0.4, 0.5) is 5.69 Å². The maximum absolute atomic E-state index is 12.6. The van der Waals surface area contributed by atoms with Crippen molar-refractivity contribution in [3.8, 4) is 0 Å². The minimum atomic E-state index is -0.449. The third-order valence-electron chi connectivity index (χ3n) is 4.64. The van der Waals surface area contributed by atoms with Crippen molar-refractivity contribution < 1.29 is 9.59 Å². The van der Waals surface area contributed by atoms with E-state index in [9.17, 15) is 9.59 Å². The van der Waals surface area contributed by atoms with E-state index in [2.05, 4.69) is 15.3 Å². The number of aliphatic imine (C=N–C) groups is 2. The number of amidine groups is 2. The summed E-state index contributed by atoms with van der Waals surface area (Å²) in [4.78, 5) is 35.4. The molecule has 8 heteroatoms. The Hall–Kier alpha value is -2.64. The monoisotopic (exact) mass is 426 g/mol. The van der Waals surface area contributed by atoms with Crippen molar-refractivity contribution in [1.82, 2.24) is 10.2 Å². The minimum Gasteiger partial charge on any atom is -0.355 e. The van der Waals surface area contributed by atoms with E-state index in [1.807, 2.05) is 48.5 Å². The Morgan fingerprint density at radius 1 is 1.21 bits per heavy atom. The Kier molecular flexibility index (Phi) is 5.69. The van der Waals surface area contributed by atoms with E-state index in [4.69, 9.17) is 11.6 Å². The van der Waals surface area contributed by atoms with Gasteiger partial charge in [-0.15, -0.1) is 0 Å². The summed E-state index contributed by atoms with van der Waals surface area (Å²) in [6.45, 7) is 2.30. The molecule has 1 atom stereocenters. The lowest BCUT2D eigenvalue weighted by atomic mass is 10.1. The molecule has 2 heterocycles. The highest BCUT2D eigenvalue weighted by Crippen LogP contribution is 2.33. The summed E-state index contributed by atoms with van der Waals surface area (Å²) in [5.74, 6) is 0.555. The molecular weight excluding hydrogens is 408 g/mol. The van der Waals surface area contributed by atoms with E-state index in [0.717, 1.165) is 23.2 Å². The second-order valence-electron chi connectivity index (χ2n) is 6.73. The number of nitrogens with zero attached hydrogens (tertiary/aromatic N) is 3. The van der Waals surface area contributed by atoms with Gasteiger partial charge in [0, 0.05) is 17.1 Å². The molecule has 1 N–H and O–H groups in total. The molecule has 0 unspecified atom stereocenters. The van der Waals surface area contributed by atoms with Gasteiger partial charge in [0.2, 0.25) is 5.91 Å². The Morgan fingerprint density at radius 2 is 1.97 bits per heavy atom. The standard InChI is InChI=1S/C21H19ClN4O2S/c1-13-20(28)26-19(24-13)16-4-2-3-5-17(16)25-21(26)29-12-18(27)23-11-10-14-6-8-15(22)9-7-14/h2-9,13H,10-12H2,1H3,(H,23,27)/t13-/m0/s1. The minimum absolute atomic E-state index is 0.108. The van der Waals surface area contributed by atoms with Crippen LogP contribution in [0.3, 0.4) is 0 Å². The number of halogens is 1. The van der Waals surface area contributed by atoms with Gasteiger partial charge in [0.25, 0.3) is 5.91 Å². The van der Waals surface area contributed by atoms with Crippen LogP contribution in [0.5, 0.6) is 0 Å². The van der Waals surface area contributed by atoms with Gasteiger partial charge in [0.15, 0.2) is 5.17 Å². The number of hydrogen-bond acceptors (Lipinski definition) is 5. The van der Waals surface area contributed by atoms with E-state index in [0.29, 0.717) is 22.6 Å². The number of nitrogens with one attached hydrogen (secondary N) is 1. The molecule has 0 bridgehead atoms. The SMILES string of the molecule is C[C@@H]1N=C2c3ccccc3N=C(SCC(=O)NCCc3ccc(Cl)cc3)N2C1=O. The summed E-state index contributed by atoms with van der Waals surface area (Å²) in [6.07, 6.45) is 0.723. The zero-order chi connectivity index (χ0) is 20.4. The van der Waals surface area contributed by atoms with Crippen molar-refractivity contribution in [2.24, 2.45) is 9.98 Å². The summed E-state index contributed by atoms with van der Waals surface area (Å²) < 4.78 is 0. The second-order valence-corrected chi connectivity index (χ2v) is 8.11. The third kappa shape index (κ3) is 4.21. The van der Waals surface area contributed by atoms with E-state index in [1.54, 1.807) is 6.92 Å². The summed E-state index contributed by atoms with van der Waals surface area (Å²) >= 11 is 7.12. The number of para-hydroxylation sites is 1. The first-order chi connectivity index (χ1) is 14.0. The van der Waals surface area contributed by atoms with Crippen LogP contribution in [0.25, 0.3) is 0 Å². The number of thioether (sulfide) groups is 1. The van der Waals surface area contributed by atoms with E-state index in [1.165, 1.54) is 16.7 Å². The molecule has 2 amide bonds. The lowest BCUT2D eigenvalue weighted by Crippen LogP contribution is -2.41. The van der Waals surface area contributed by atoms with Crippen LogP contribution in [0, 0.1) is 0 Å². The van der Waals surface area contributed by atoms with Crippen LogP contribution in [0.15, 0.2) is 58.5 Å². The molecule has 0 aliphatic carbocycles. The fourth-order valence-corrected chi connectivity index (χ4v) is 4.11. The summed E-state index contributed by atoms with van der Waals surface area (Å²) in [6, 6.07) is 14.7. The normalized spacial score (nSPS) is 17.4. The highest BCUT2D eigenvalue weighted by molar-refractivity contribution is 8.14. The fourth-order valence-electron chi connectivity index (χ4n) is 3.15. The first-order valence-electron chi connectivity index (χ1n) is 9.27. The number of carbonyl (C=O) groups excluding carboxylic acids is 2. The lowest BCUT2D eigenvalue weighted by Gasteiger charge is -2.25. The average molecular weight is 427 g/mol.